The SMILES string of the molecule is COc1ccc(C(=O)c2ccccc2C)cc1C. The number of ether oxygens (including phenoxy) is 1. The zero-order chi connectivity index (χ0) is 13.1. The van der Waals surface area contributed by atoms with Crippen molar-refractivity contribution in [3.05, 3.63) is 64.7 Å². The molecule has 0 spiro atoms. The van der Waals surface area contributed by atoms with Crippen molar-refractivity contribution in [2.24, 2.45) is 0 Å². The van der Waals surface area contributed by atoms with E-state index in [0.717, 1.165) is 22.4 Å². The Kier molecular flexibility index (Phi) is 3.47. The molecule has 0 heterocycles. The minimum absolute atomic E-state index is 0.0545. The second-order valence-corrected chi connectivity index (χ2v) is 4.33. The molecule has 2 aromatic rings. The van der Waals surface area contributed by atoms with Crippen molar-refractivity contribution < 1.29 is 9.53 Å². The summed E-state index contributed by atoms with van der Waals surface area (Å²) in [4.78, 5) is 12.4. The Balaban J connectivity index is 2.41. The van der Waals surface area contributed by atoms with Crippen LogP contribution in [0.1, 0.15) is 27.0 Å². The van der Waals surface area contributed by atoms with Crippen molar-refractivity contribution in [2.45, 2.75) is 13.8 Å². The molecule has 0 saturated carbocycles. The summed E-state index contributed by atoms with van der Waals surface area (Å²) in [5.41, 5.74) is 3.41. The normalized spacial score (nSPS) is 10.2. The van der Waals surface area contributed by atoms with Crippen LogP contribution in [-0.4, -0.2) is 12.9 Å². The molecule has 0 aliphatic heterocycles. The lowest BCUT2D eigenvalue weighted by Gasteiger charge is -2.08. The number of rotatable bonds is 3. The fraction of sp³-hybridized carbons (Fsp3) is 0.188. The molecule has 18 heavy (non-hydrogen) atoms. The third kappa shape index (κ3) is 2.28. The first kappa shape index (κ1) is 12.4. The maximum Gasteiger partial charge on any atom is 0.193 e. The van der Waals surface area contributed by atoms with Gasteiger partial charge in [0.15, 0.2) is 5.78 Å². The Morgan fingerprint density at radius 3 is 2.33 bits per heavy atom. The van der Waals surface area contributed by atoms with Gasteiger partial charge in [-0.25, -0.2) is 0 Å². The standard InChI is InChI=1S/C16H16O2/c1-11-6-4-5-7-14(11)16(17)13-8-9-15(18-3)12(2)10-13/h4-10H,1-3H3. The van der Waals surface area contributed by atoms with Gasteiger partial charge < -0.3 is 4.74 Å². The number of carbonyl (C=O) groups is 1. The number of ketones is 1. The fourth-order valence-corrected chi connectivity index (χ4v) is 2.00. The molecular weight excluding hydrogens is 224 g/mol. The van der Waals surface area contributed by atoms with E-state index in [0.29, 0.717) is 5.56 Å². The third-order valence-electron chi connectivity index (χ3n) is 3.05. The number of aryl methyl sites for hydroxylation is 2. The lowest BCUT2D eigenvalue weighted by atomic mass is 9.98. The molecule has 0 radical (unpaired) electrons. The predicted octanol–water partition coefficient (Wildman–Crippen LogP) is 3.54. The summed E-state index contributed by atoms with van der Waals surface area (Å²) in [5.74, 6) is 0.857. The maximum absolute atomic E-state index is 12.4. The molecule has 2 rings (SSSR count). The number of benzene rings is 2. The first-order valence-electron chi connectivity index (χ1n) is 5.88. The highest BCUT2D eigenvalue weighted by Crippen LogP contribution is 2.21. The molecule has 0 atom stereocenters. The van der Waals surface area contributed by atoms with Crippen LogP contribution in [0.15, 0.2) is 42.5 Å². The molecule has 2 nitrogen and oxygen atoms in total. The van der Waals surface area contributed by atoms with Gasteiger partial charge in [0.25, 0.3) is 0 Å². The largest absolute Gasteiger partial charge is 0.496 e. The number of carbonyl (C=O) groups excluding carboxylic acids is 1. The monoisotopic (exact) mass is 240 g/mol. The van der Waals surface area contributed by atoms with Gasteiger partial charge in [-0.3, -0.25) is 4.79 Å². The first-order valence-corrected chi connectivity index (χ1v) is 5.88. The van der Waals surface area contributed by atoms with Crippen LogP contribution in [0.3, 0.4) is 0 Å². The van der Waals surface area contributed by atoms with Gasteiger partial charge in [0.05, 0.1) is 7.11 Å². The average molecular weight is 240 g/mol. The molecule has 2 heteroatoms. The molecule has 0 N–H and O–H groups in total. The van der Waals surface area contributed by atoms with E-state index < -0.39 is 0 Å². The van der Waals surface area contributed by atoms with E-state index in [2.05, 4.69) is 0 Å². The third-order valence-corrected chi connectivity index (χ3v) is 3.05. The Hall–Kier alpha value is -2.09. The van der Waals surface area contributed by atoms with E-state index in [1.54, 1.807) is 13.2 Å². The highest BCUT2D eigenvalue weighted by atomic mass is 16.5. The van der Waals surface area contributed by atoms with Crippen LogP contribution in [0.5, 0.6) is 5.75 Å². The van der Waals surface area contributed by atoms with Crippen LogP contribution in [0.25, 0.3) is 0 Å². The van der Waals surface area contributed by atoms with Crippen molar-refractivity contribution in [3.63, 3.8) is 0 Å². The smallest absolute Gasteiger partial charge is 0.193 e. The number of hydrogen-bond donors (Lipinski definition) is 0. The van der Waals surface area contributed by atoms with Crippen LogP contribution >= 0.6 is 0 Å². The van der Waals surface area contributed by atoms with Gasteiger partial charge in [-0.1, -0.05) is 24.3 Å². The molecule has 0 fully saturated rings. The van der Waals surface area contributed by atoms with Gasteiger partial charge >= 0.3 is 0 Å². The van der Waals surface area contributed by atoms with Crippen molar-refractivity contribution in [1.82, 2.24) is 0 Å². The maximum atomic E-state index is 12.4. The zero-order valence-electron chi connectivity index (χ0n) is 10.9. The van der Waals surface area contributed by atoms with E-state index >= 15 is 0 Å². The second kappa shape index (κ2) is 5.05. The summed E-state index contributed by atoms with van der Waals surface area (Å²) >= 11 is 0. The molecule has 0 saturated heterocycles. The minimum Gasteiger partial charge on any atom is -0.496 e. The Bertz CT molecular complexity index is 585. The Labute approximate surface area is 107 Å². The molecule has 0 aliphatic rings. The van der Waals surface area contributed by atoms with Crippen LogP contribution in [-0.2, 0) is 0 Å². The highest BCUT2D eigenvalue weighted by molar-refractivity contribution is 6.10. The van der Waals surface area contributed by atoms with Crippen LogP contribution in [0.2, 0.25) is 0 Å². The molecule has 0 aliphatic carbocycles. The van der Waals surface area contributed by atoms with Crippen molar-refractivity contribution in [1.29, 1.82) is 0 Å². The first-order chi connectivity index (χ1) is 8.63. The van der Waals surface area contributed by atoms with E-state index in [9.17, 15) is 4.79 Å². The van der Waals surface area contributed by atoms with E-state index in [1.807, 2.05) is 50.2 Å². The number of methoxy groups -OCH3 is 1. The highest BCUT2D eigenvalue weighted by Gasteiger charge is 2.12. The Morgan fingerprint density at radius 2 is 1.72 bits per heavy atom. The summed E-state index contributed by atoms with van der Waals surface area (Å²) in [5, 5.41) is 0. The molecule has 0 unspecified atom stereocenters. The van der Waals surface area contributed by atoms with Gasteiger partial charge in [-0.05, 0) is 43.2 Å². The lowest BCUT2D eigenvalue weighted by Crippen LogP contribution is -2.04. The zero-order valence-corrected chi connectivity index (χ0v) is 10.9. The second-order valence-electron chi connectivity index (χ2n) is 4.33. The van der Waals surface area contributed by atoms with Crippen molar-refractivity contribution in [2.75, 3.05) is 7.11 Å². The lowest BCUT2D eigenvalue weighted by molar-refractivity contribution is 0.103. The van der Waals surface area contributed by atoms with Crippen LogP contribution < -0.4 is 4.74 Å². The van der Waals surface area contributed by atoms with Crippen molar-refractivity contribution in [3.8, 4) is 5.75 Å². The van der Waals surface area contributed by atoms with Gasteiger partial charge in [-0.2, -0.15) is 0 Å². The van der Waals surface area contributed by atoms with Crippen LogP contribution in [0, 0.1) is 13.8 Å². The predicted molar refractivity (Wildman–Crippen MR) is 72.3 cm³/mol. The van der Waals surface area contributed by atoms with Crippen LogP contribution in [0.4, 0.5) is 0 Å². The summed E-state index contributed by atoms with van der Waals surface area (Å²) in [6, 6.07) is 13.1. The number of hydrogen-bond acceptors (Lipinski definition) is 2. The molecule has 0 bridgehead atoms. The quantitative estimate of drug-likeness (QED) is 0.767. The average Bonchev–Trinajstić information content (AvgIpc) is 2.38. The van der Waals surface area contributed by atoms with Gasteiger partial charge in [0.1, 0.15) is 5.75 Å². The van der Waals surface area contributed by atoms with Gasteiger partial charge in [0.2, 0.25) is 0 Å². The van der Waals surface area contributed by atoms with E-state index in [-0.39, 0.29) is 5.78 Å². The molecular formula is C16H16O2. The van der Waals surface area contributed by atoms with Gasteiger partial charge in [-0.15, -0.1) is 0 Å². The Morgan fingerprint density at radius 1 is 1.00 bits per heavy atom. The summed E-state index contributed by atoms with van der Waals surface area (Å²) < 4.78 is 5.20. The topological polar surface area (TPSA) is 26.3 Å². The molecule has 0 aromatic heterocycles. The van der Waals surface area contributed by atoms with E-state index in [4.69, 9.17) is 4.74 Å². The summed E-state index contributed by atoms with van der Waals surface area (Å²) in [6.07, 6.45) is 0. The van der Waals surface area contributed by atoms with E-state index in [1.165, 1.54) is 0 Å². The van der Waals surface area contributed by atoms with Gasteiger partial charge in [0, 0.05) is 11.1 Å². The summed E-state index contributed by atoms with van der Waals surface area (Å²) in [7, 11) is 1.63. The fourth-order valence-electron chi connectivity index (χ4n) is 2.00. The molecule has 2 aromatic carbocycles. The molecule has 92 valence electrons. The summed E-state index contributed by atoms with van der Waals surface area (Å²) in [6.45, 7) is 3.89. The molecule has 0 amide bonds. The minimum atomic E-state index is 0.0545. The van der Waals surface area contributed by atoms with Crippen molar-refractivity contribution >= 4 is 5.78 Å².